The predicted octanol–water partition coefficient (Wildman–Crippen LogP) is 3.03. The van der Waals surface area contributed by atoms with Crippen LogP contribution in [-0.4, -0.2) is 36.1 Å². The molecule has 0 bridgehead atoms. The van der Waals surface area contributed by atoms with Gasteiger partial charge in [-0.25, -0.2) is 9.97 Å². The molecule has 0 amide bonds. The Balaban J connectivity index is 2.38. The van der Waals surface area contributed by atoms with Gasteiger partial charge in [0, 0.05) is 22.9 Å². The first-order chi connectivity index (χ1) is 10.1. The summed E-state index contributed by atoms with van der Waals surface area (Å²) in [6, 6.07) is 5.89. The highest BCUT2D eigenvalue weighted by Gasteiger charge is 2.19. The fourth-order valence-electron chi connectivity index (χ4n) is 2.24. The normalized spacial score (nSPS) is 12.2. The van der Waals surface area contributed by atoms with E-state index in [2.05, 4.69) is 30.8 Å². The Kier molecular flexibility index (Phi) is 5.12. The van der Waals surface area contributed by atoms with Crippen LogP contribution in [0.25, 0.3) is 10.9 Å². The number of hydrogen-bond donors (Lipinski definition) is 0. The third-order valence-corrected chi connectivity index (χ3v) is 3.85. The molecule has 0 saturated heterocycles. The molecular formula is C15H18BrN3O2. The summed E-state index contributed by atoms with van der Waals surface area (Å²) >= 11 is 3.47. The van der Waals surface area contributed by atoms with Crippen molar-refractivity contribution in [2.24, 2.45) is 5.92 Å². The first-order valence-electron chi connectivity index (χ1n) is 6.79. The number of hydrogen-bond acceptors (Lipinski definition) is 5. The Hall–Kier alpha value is -1.69. The number of fused-ring (bicyclic) bond motifs is 1. The topological polar surface area (TPSA) is 55.3 Å². The molecule has 0 spiro atoms. The lowest BCUT2D eigenvalue weighted by Gasteiger charge is -2.25. The number of aromatic nitrogens is 2. The smallest absolute Gasteiger partial charge is 0.310 e. The van der Waals surface area contributed by atoms with Gasteiger partial charge in [0.25, 0.3) is 0 Å². The second kappa shape index (κ2) is 6.85. The number of ether oxygens (including phenoxy) is 1. The van der Waals surface area contributed by atoms with Gasteiger partial charge in [0.2, 0.25) is 0 Å². The number of benzene rings is 1. The Morgan fingerprint density at radius 1 is 1.43 bits per heavy atom. The first-order valence-corrected chi connectivity index (χ1v) is 7.59. The molecule has 2 aromatic rings. The van der Waals surface area contributed by atoms with E-state index in [1.54, 1.807) is 6.33 Å². The number of methoxy groups -OCH3 is 1. The van der Waals surface area contributed by atoms with Crippen molar-refractivity contribution < 1.29 is 9.53 Å². The van der Waals surface area contributed by atoms with Crippen LogP contribution in [0.5, 0.6) is 0 Å². The number of nitrogens with zero attached hydrogens (tertiary/aromatic N) is 3. The molecule has 0 aliphatic rings. The largest absolute Gasteiger partial charge is 0.469 e. The minimum absolute atomic E-state index is 0.215. The van der Waals surface area contributed by atoms with Crippen molar-refractivity contribution in [2.75, 3.05) is 25.1 Å². The van der Waals surface area contributed by atoms with Crippen molar-refractivity contribution >= 4 is 38.6 Å². The van der Waals surface area contributed by atoms with Gasteiger partial charge in [0.05, 0.1) is 18.5 Å². The molecule has 112 valence electrons. The lowest BCUT2D eigenvalue weighted by Crippen LogP contribution is -2.33. The molecule has 0 saturated carbocycles. The summed E-state index contributed by atoms with van der Waals surface area (Å²) < 4.78 is 5.77. The molecule has 2 rings (SSSR count). The quantitative estimate of drug-likeness (QED) is 0.775. The van der Waals surface area contributed by atoms with Crippen LogP contribution in [0.4, 0.5) is 5.82 Å². The van der Waals surface area contributed by atoms with Gasteiger partial charge < -0.3 is 9.64 Å². The van der Waals surface area contributed by atoms with Crippen LogP contribution in [0.2, 0.25) is 0 Å². The van der Waals surface area contributed by atoms with E-state index in [4.69, 9.17) is 4.74 Å². The van der Waals surface area contributed by atoms with E-state index in [9.17, 15) is 4.79 Å². The zero-order chi connectivity index (χ0) is 15.4. The Morgan fingerprint density at radius 3 is 2.86 bits per heavy atom. The van der Waals surface area contributed by atoms with Crippen LogP contribution in [-0.2, 0) is 9.53 Å². The summed E-state index contributed by atoms with van der Waals surface area (Å²) in [4.78, 5) is 22.4. The van der Waals surface area contributed by atoms with Crippen LogP contribution in [0.15, 0.2) is 29.0 Å². The van der Waals surface area contributed by atoms with Gasteiger partial charge >= 0.3 is 5.97 Å². The van der Waals surface area contributed by atoms with Gasteiger partial charge in [0.15, 0.2) is 0 Å². The lowest BCUT2D eigenvalue weighted by molar-refractivity contribution is -0.144. The SMILES string of the molecule is CCN(CC(C)C(=O)OC)c1ncnc2ccc(Br)cc12. The van der Waals surface area contributed by atoms with Gasteiger partial charge in [-0.1, -0.05) is 22.9 Å². The molecule has 0 aliphatic carbocycles. The molecule has 0 aliphatic heterocycles. The Morgan fingerprint density at radius 2 is 2.19 bits per heavy atom. The Bertz CT molecular complexity index is 648. The van der Waals surface area contributed by atoms with Crippen molar-refractivity contribution in [3.63, 3.8) is 0 Å². The lowest BCUT2D eigenvalue weighted by atomic mass is 10.1. The predicted molar refractivity (Wildman–Crippen MR) is 86.3 cm³/mol. The van der Waals surface area contributed by atoms with Gasteiger partial charge in [-0.15, -0.1) is 0 Å². The maximum atomic E-state index is 11.6. The van der Waals surface area contributed by atoms with Crippen molar-refractivity contribution in [3.8, 4) is 0 Å². The van der Waals surface area contributed by atoms with Crippen molar-refractivity contribution in [2.45, 2.75) is 13.8 Å². The van der Waals surface area contributed by atoms with Crippen LogP contribution in [0.3, 0.4) is 0 Å². The number of halogens is 1. The summed E-state index contributed by atoms with van der Waals surface area (Å²) in [6.45, 7) is 5.20. The van der Waals surface area contributed by atoms with Crippen molar-refractivity contribution in [1.29, 1.82) is 0 Å². The van der Waals surface area contributed by atoms with E-state index in [-0.39, 0.29) is 11.9 Å². The summed E-state index contributed by atoms with van der Waals surface area (Å²) in [6.07, 6.45) is 1.55. The van der Waals surface area contributed by atoms with Crippen LogP contribution in [0.1, 0.15) is 13.8 Å². The van der Waals surface area contributed by atoms with Crippen LogP contribution in [0, 0.1) is 5.92 Å². The third kappa shape index (κ3) is 3.50. The molecule has 0 N–H and O–H groups in total. The average Bonchev–Trinajstić information content (AvgIpc) is 2.51. The molecule has 6 heteroatoms. The van der Waals surface area contributed by atoms with Gasteiger partial charge in [-0.3, -0.25) is 4.79 Å². The molecule has 21 heavy (non-hydrogen) atoms. The van der Waals surface area contributed by atoms with Gasteiger partial charge in [-0.05, 0) is 25.1 Å². The van der Waals surface area contributed by atoms with E-state index < -0.39 is 0 Å². The molecule has 1 heterocycles. The molecule has 1 aromatic carbocycles. The molecule has 1 unspecified atom stereocenters. The average molecular weight is 352 g/mol. The zero-order valence-corrected chi connectivity index (χ0v) is 13.9. The maximum Gasteiger partial charge on any atom is 0.310 e. The second-order valence-electron chi connectivity index (χ2n) is 4.82. The summed E-state index contributed by atoms with van der Waals surface area (Å²) in [7, 11) is 1.41. The first kappa shape index (κ1) is 15.7. The van der Waals surface area contributed by atoms with Crippen molar-refractivity contribution in [3.05, 3.63) is 29.0 Å². The molecule has 5 nitrogen and oxygen atoms in total. The van der Waals surface area contributed by atoms with Crippen molar-refractivity contribution in [1.82, 2.24) is 9.97 Å². The highest BCUT2D eigenvalue weighted by Crippen LogP contribution is 2.26. The molecule has 0 radical (unpaired) electrons. The van der Waals surface area contributed by atoms with Crippen LogP contribution >= 0.6 is 15.9 Å². The fraction of sp³-hybridized carbons (Fsp3) is 0.400. The number of esters is 1. The monoisotopic (exact) mass is 351 g/mol. The highest BCUT2D eigenvalue weighted by atomic mass is 79.9. The second-order valence-corrected chi connectivity index (χ2v) is 5.74. The molecule has 1 atom stereocenters. The van der Waals surface area contributed by atoms with Crippen LogP contribution < -0.4 is 4.90 Å². The van der Waals surface area contributed by atoms with E-state index in [0.717, 1.165) is 27.7 Å². The molecule has 0 fully saturated rings. The summed E-state index contributed by atoms with van der Waals surface area (Å²) in [5, 5.41) is 0.964. The summed E-state index contributed by atoms with van der Waals surface area (Å²) in [5.74, 6) is 0.402. The van der Waals surface area contributed by atoms with E-state index in [0.29, 0.717) is 6.54 Å². The minimum atomic E-state index is -0.216. The molecule has 1 aromatic heterocycles. The Labute approximate surface area is 132 Å². The van der Waals surface area contributed by atoms with Gasteiger partial charge in [0.1, 0.15) is 12.1 Å². The van der Waals surface area contributed by atoms with E-state index >= 15 is 0 Å². The summed E-state index contributed by atoms with van der Waals surface area (Å²) in [5.41, 5.74) is 0.882. The highest BCUT2D eigenvalue weighted by molar-refractivity contribution is 9.10. The number of anilines is 1. The maximum absolute atomic E-state index is 11.6. The standard InChI is InChI=1S/C15H18BrN3O2/c1-4-19(8-10(2)15(20)21-3)14-12-7-11(16)5-6-13(12)17-9-18-14/h5-7,9-10H,4,8H2,1-3H3. The van der Waals surface area contributed by atoms with E-state index in [1.807, 2.05) is 32.0 Å². The van der Waals surface area contributed by atoms with Gasteiger partial charge in [-0.2, -0.15) is 0 Å². The van der Waals surface area contributed by atoms with E-state index in [1.165, 1.54) is 7.11 Å². The third-order valence-electron chi connectivity index (χ3n) is 3.36. The fourth-order valence-corrected chi connectivity index (χ4v) is 2.60. The number of rotatable bonds is 5. The zero-order valence-electron chi connectivity index (χ0n) is 12.3. The molecular weight excluding hydrogens is 334 g/mol. The number of carbonyl (C=O) groups excluding carboxylic acids is 1. The number of carbonyl (C=O) groups is 1. The minimum Gasteiger partial charge on any atom is -0.469 e.